The largest absolute Gasteiger partial charge is 0.492 e. The van der Waals surface area contributed by atoms with Crippen molar-refractivity contribution in [2.24, 2.45) is 0 Å². The number of amides is 3. The van der Waals surface area contributed by atoms with Crippen molar-refractivity contribution in [3.8, 4) is 5.75 Å². The summed E-state index contributed by atoms with van der Waals surface area (Å²) in [5.74, 6) is 0.513. The molecule has 0 heterocycles. The quantitative estimate of drug-likeness (QED) is 0.751. The monoisotopic (exact) mass is 346 g/mol. The van der Waals surface area contributed by atoms with E-state index in [9.17, 15) is 9.59 Å². The van der Waals surface area contributed by atoms with Crippen LogP contribution in [0.4, 0.5) is 10.5 Å². The van der Waals surface area contributed by atoms with Gasteiger partial charge in [-0.1, -0.05) is 41.9 Å². The first kappa shape index (κ1) is 17.8. The lowest BCUT2D eigenvalue weighted by Gasteiger charge is -2.21. The van der Waals surface area contributed by atoms with E-state index >= 15 is 0 Å². The van der Waals surface area contributed by atoms with Crippen LogP contribution in [0.25, 0.3) is 0 Å². The van der Waals surface area contributed by atoms with Crippen molar-refractivity contribution in [1.29, 1.82) is 0 Å². The van der Waals surface area contributed by atoms with Gasteiger partial charge in [0.15, 0.2) is 0 Å². The first-order chi connectivity index (χ1) is 11.5. The van der Waals surface area contributed by atoms with E-state index < -0.39 is 6.03 Å². The van der Waals surface area contributed by atoms with Gasteiger partial charge >= 0.3 is 6.03 Å². The van der Waals surface area contributed by atoms with Gasteiger partial charge in [0.2, 0.25) is 6.41 Å². The van der Waals surface area contributed by atoms with Gasteiger partial charge < -0.3 is 9.64 Å². The van der Waals surface area contributed by atoms with E-state index in [-0.39, 0.29) is 0 Å². The first-order valence-corrected chi connectivity index (χ1v) is 7.83. The molecular formula is C18H19ClN2O3. The molecule has 2 rings (SSSR count). The van der Waals surface area contributed by atoms with Gasteiger partial charge in [-0.3, -0.25) is 4.79 Å². The van der Waals surface area contributed by atoms with Crippen LogP contribution < -0.4 is 9.64 Å². The minimum atomic E-state index is -0.446. The smallest absolute Gasteiger partial charge is 0.330 e. The highest BCUT2D eigenvalue weighted by atomic mass is 35.5. The molecule has 6 heteroatoms. The summed E-state index contributed by atoms with van der Waals surface area (Å²) >= 11 is 6.20. The summed E-state index contributed by atoms with van der Waals surface area (Å²) in [6.07, 6.45) is 1.22. The number of ether oxygens (including phenoxy) is 1. The Labute approximate surface area is 146 Å². The average Bonchev–Trinajstić information content (AvgIpc) is 2.58. The topological polar surface area (TPSA) is 49.9 Å². The number of nitrogens with zero attached hydrogens (tertiary/aromatic N) is 2. The maximum absolute atomic E-state index is 11.9. The highest BCUT2D eigenvalue weighted by molar-refractivity contribution is 6.32. The second-order valence-electron chi connectivity index (χ2n) is 5.35. The summed E-state index contributed by atoms with van der Waals surface area (Å²) in [4.78, 5) is 25.4. The molecule has 0 saturated heterocycles. The summed E-state index contributed by atoms with van der Waals surface area (Å²) in [6, 6.07) is 14.4. The molecule has 5 nitrogen and oxygen atoms in total. The van der Waals surface area contributed by atoms with Crippen molar-refractivity contribution in [3.63, 3.8) is 0 Å². The molecule has 0 aromatic heterocycles. The predicted octanol–water partition coefficient (Wildman–Crippen LogP) is 3.61. The molecule has 0 N–H and O–H groups in total. The second-order valence-corrected chi connectivity index (χ2v) is 5.76. The van der Waals surface area contributed by atoms with Crippen molar-refractivity contribution in [2.75, 3.05) is 25.6 Å². The third-order valence-electron chi connectivity index (χ3n) is 3.38. The van der Waals surface area contributed by atoms with Crippen molar-refractivity contribution < 1.29 is 14.3 Å². The Kier molecular flexibility index (Phi) is 6.21. The first-order valence-electron chi connectivity index (χ1n) is 7.45. The number of halogens is 1. The van der Waals surface area contributed by atoms with Gasteiger partial charge in [0.1, 0.15) is 5.75 Å². The maximum Gasteiger partial charge on any atom is 0.330 e. The van der Waals surface area contributed by atoms with Gasteiger partial charge in [-0.05, 0) is 23.8 Å². The van der Waals surface area contributed by atoms with Crippen LogP contribution in [0.3, 0.4) is 0 Å². The van der Waals surface area contributed by atoms with Crippen LogP contribution in [0.15, 0.2) is 48.5 Å². The van der Waals surface area contributed by atoms with Gasteiger partial charge in [-0.25, -0.2) is 9.69 Å². The van der Waals surface area contributed by atoms with E-state index in [1.54, 1.807) is 26.2 Å². The SMILES string of the molecule is CN(C)C(=O)N(C=O)c1ccc(OCCc2ccccc2)c(Cl)c1. The van der Waals surface area contributed by atoms with Crippen LogP contribution in [0.1, 0.15) is 5.56 Å². The number of carbonyl (C=O) groups is 2. The zero-order valence-corrected chi connectivity index (χ0v) is 14.4. The van der Waals surface area contributed by atoms with E-state index in [0.29, 0.717) is 29.5 Å². The van der Waals surface area contributed by atoms with E-state index in [1.165, 1.54) is 16.5 Å². The van der Waals surface area contributed by atoms with Crippen LogP contribution in [-0.2, 0) is 11.2 Å². The molecule has 0 aliphatic heterocycles. The average molecular weight is 347 g/mol. The number of urea groups is 1. The fraction of sp³-hybridized carbons (Fsp3) is 0.222. The molecule has 0 aliphatic carbocycles. The molecule has 126 valence electrons. The number of hydrogen-bond acceptors (Lipinski definition) is 3. The van der Waals surface area contributed by atoms with Crippen molar-refractivity contribution in [2.45, 2.75) is 6.42 Å². The fourth-order valence-corrected chi connectivity index (χ4v) is 2.34. The number of carbonyl (C=O) groups excluding carboxylic acids is 2. The van der Waals surface area contributed by atoms with Gasteiger partial charge in [0.25, 0.3) is 0 Å². The molecule has 0 atom stereocenters. The Morgan fingerprint density at radius 2 is 1.88 bits per heavy atom. The number of hydrogen-bond donors (Lipinski definition) is 0. The highest BCUT2D eigenvalue weighted by Gasteiger charge is 2.18. The standard InChI is InChI=1S/C18H19ClN2O3/c1-20(2)18(23)21(13-22)15-8-9-17(16(19)12-15)24-11-10-14-6-4-3-5-7-14/h3-9,12-13H,10-11H2,1-2H3. The lowest BCUT2D eigenvalue weighted by Crippen LogP contribution is -2.38. The molecule has 2 aromatic carbocycles. The Balaban J connectivity index is 2.03. The normalized spacial score (nSPS) is 10.1. The van der Waals surface area contributed by atoms with Crippen molar-refractivity contribution >= 4 is 29.7 Å². The van der Waals surface area contributed by atoms with Gasteiger partial charge in [0, 0.05) is 20.5 Å². The summed E-state index contributed by atoms with van der Waals surface area (Å²) in [6.45, 7) is 0.483. The Bertz CT molecular complexity index is 705. The number of benzene rings is 2. The summed E-state index contributed by atoms with van der Waals surface area (Å²) in [5, 5.41) is 0.346. The predicted molar refractivity (Wildman–Crippen MR) is 94.7 cm³/mol. The van der Waals surface area contributed by atoms with E-state index in [1.807, 2.05) is 30.3 Å². The van der Waals surface area contributed by atoms with Crippen molar-refractivity contribution in [1.82, 2.24) is 4.90 Å². The van der Waals surface area contributed by atoms with Gasteiger partial charge in [0.05, 0.1) is 17.3 Å². The molecule has 0 bridgehead atoms. The van der Waals surface area contributed by atoms with Crippen LogP contribution in [0, 0.1) is 0 Å². The summed E-state index contributed by atoms with van der Waals surface area (Å²) < 4.78 is 5.68. The zero-order chi connectivity index (χ0) is 17.5. The Morgan fingerprint density at radius 1 is 1.17 bits per heavy atom. The van der Waals surface area contributed by atoms with Crippen LogP contribution >= 0.6 is 11.6 Å². The van der Waals surface area contributed by atoms with Gasteiger partial charge in [-0.2, -0.15) is 0 Å². The fourth-order valence-electron chi connectivity index (χ4n) is 2.11. The highest BCUT2D eigenvalue weighted by Crippen LogP contribution is 2.29. The number of imide groups is 1. The van der Waals surface area contributed by atoms with E-state index in [4.69, 9.17) is 16.3 Å². The molecule has 0 saturated carbocycles. The third-order valence-corrected chi connectivity index (χ3v) is 3.67. The summed E-state index contributed by atoms with van der Waals surface area (Å²) in [7, 11) is 3.14. The lowest BCUT2D eigenvalue weighted by molar-refractivity contribution is -0.106. The van der Waals surface area contributed by atoms with Crippen LogP contribution in [0.5, 0.6) is 5.75 Å². The minimum Gasteiger partial charge on any atom is -0.492 e. The van der Waals surface area contributed by atoms with E-state index in [0.717, 1.165) is 11.3 Å². The summed E-state index contributed by atoms with van der Waals surface area (Å²) in [5.41, 5.74) is 1.57. The maximum atomic E-state index is 11.9. The Morgan fingerprint density at radius 3 is 2.46 bits per heavy atom. The lowest BCUT2D eigenvalue weighted by atomic mass is 10.2. The van der Waals surface area contributed by atoms with Crippen LogP contribution in [-0.4, -0.2) is 38.0 Å². The van der Waals surface area contributed by atoms with Gasteiger partial charge in [-0.15, -0.1) is 0 Å². The molecule has 0 fully saturated rings. The Hall–Kier alpha value is -2.53. The van der Waals surface area contributed by atoms with E-state index in [2.05, 4.69) is 0 Å². The molecule has 0 aliphatic rings. The zero-order valence-electron chi connectivity index (χ0n) is 13.6. The molecule has 2 aromatic rings. The minimum absolute atomic E-state index is 0.346. The number of rotatable bonds is 6. The molecule has 0 radical (unpaired) electrons. The number of anilines is 1. The molecule has 3 amide bonds. The molecular weight excluding hydrogens is 328 g/mol. The molecule has 0 spiro atoms. The third kappa shape index (κ3) is 4.49. The molecule has 0 unspecified atom stereocenters. The molecule has 24 heavy (non-hydrogen) atoms. The van der Waals surface area contributed by atoms with Crippen LogP contribution in [0.2, 0.25) is 5.02 Å². The van der Waals surface area contributed by atoms with Crippen molar-refractivity contribution in [3.05, 3.63) is 59.1 Å². The second kappa shape index (κ2) is 8.36.